The van der Waals surface area contributed by atoms with Crippen LogP contribution in [0.1, 0.15) is 35.9 Å². The molecule has 0 aliphatic heterocycles. The third-order valence-electron chi connectivity index (χ3n) is 3.31. The molecule has 0 amide bonds. The molecule has 0 aliphatic rings. The van der Waals surface area contributed by atoms with Gasteiger partial charge in [0, 0.05) is 23.6 Å². The zero-order chi connectivity index (χ0) is 15.6. The van der Waals surface area contributed by atoms with Gasteiger partial charge < -0.3 is 4.57 Å². The summed E-state index contributed by atoms with van der Waals surface area (Å²) in [6, 6.07) is 6.17. The minimum Gasteiger partial charge on any atom is -0.301 e. The van der Waals surface area contributed by atoms with Crippen molar-refractivity contribution in [3.63, 3.8) is 0 Å². The van der Waals surface area contributed by atoms with Crippen molar-refractivity contribution in [2.45, 2.75) is 45.3 Å². The fourth-order valence-electron chi connectivity index (χ4n) is 2.24. The predicted molar refractivity (Wildman–Crippen MR) is 82.1 cm³/mol. The zero-order valence-electron chi connectivity index (χ0n) is 12.3. The molecular formula is C14H18ClN3O2S. The first-order valence-corrected chi connectivity index (χ1v) is 9.06. The Morgan fingerprint density at radius 2 is 1.95 bits per heavy atom. The number of benzene rings is 1. The molecule has 1 aromatic carbocycles. The topological polar surface area (TPSA) is 64.8 Å². The third-order valence-corrected chi connectivity index (χ3v) is 4.46. The van der Waals surface area contributed by atoms with Crippen LogP contribution in [-0.4, -0.2) is 23.2 Å². The van der Waals surface area contributed by atoms with Crippen molar-refractivity contribution in [1.82, 2.24) is 14.8 Å². The van der Waals surface area contributed by atoms with Crippen molar-refractivity contribution in [3.8, 4) is 0 Å². The highest BCUT2D eigenvalue weighted by molar-refractivity contribution is 8.13. The maximum atomic E-state index is 11.6. The molecule has 2 aromatic rings. The molecule has 0 saturated heterocycles. The molecule has 7 heteroatoms. The van der Waals surface area contributed by atoms with Gasteiger partial charge in [0.2, 0.25) is 0 Å². The van der Waals surface area contributed by atoms with Crippen molar-refractivity contribution in [3.05, 3.63) is 40.7 Å². The summed E-state index contributed by atoms with van der Waals surface area (Å²) in [5, 5.41) is 7.59. The van der Waals surface area contributed by atoms with Gasteiger partial charge in [-0.3, -0.25) is 0 Å². The summed E-state index contributed by atoms with van der Waals surface area (Å²) < 4.78 is 24.7. The van der Waals surface area contributed by atoms with E-state index in [4.69, 9.17) is 10.7 Å². The fraction of sp³-hybridized carbons (Fsp3) is 0.429. The zero-order valence-corrected chi connectivity index (χ0v) is 13.9. The van der Waals surface area contributed by atoms with Gasteiger partial charge in [0.1, 0.15) is 5.82 Å². The van der Waals surface area contributed by atoms with E-state index < -0.39 is 9.05 Å². The van der Waals surface area contributed by atoms with E-state index in [-0.39, 0.29) is 5.16 Å². The number of rotatable bonds is 5. The lowest BCUT2D eigenvalue weighted by Gasteiger charge is -2.09. The van der Waals surface area contributed by atoms with Gasteiger partial charge in [-0.25, -0.2) is 8.42 Å². The Kier molecular flexibility index (Phi) is 4.68. The van der Waals surface area contributed by atoms with Crippen LogP contribution in [0.4, 0.5) is 0 Å². The van der Waals surface area contributed by atoms with Crippen LogP contribution in [0, 0.1) is 13.8 Å². The van der Waals surface area contributed by atoms with Crippen molar-refractivity contribution >= 4 is 19.7 Å². The quantitative estimate of drug-likeness (QED) is 0.792. The van der Waals surface area contributed by atoms with E-state index in [0.29, 0.717) is 18.8 Å². The summed E-state index contributed by atoms with van der Waals surface area (Å²) in [5.41, 5.74) is 3.41. The van der Waals surface area contributed by atoms with E-state index in [1.54, 1.807) is 4.57 Å². The molecule has 0 unspecified atom stereocenters. The van der Waals surface area contributed by atoms with Crippen LogP contribution in [0.15, 0.2) is 23.4 Å². The number of hydrogen-bond donors (Lipinski definition) is 0. The average molecular weight is 328 g/mol. The molecule has 0 aliphatic carbocycles. The number of nitrogens with zero attached hydrogens (tertiary/aromatic N) is 3. The third kappa shape index (κ3) is 3.63. The molecule has 0 saturated carbocycles. The monoisotopic (exact) mass is 327 g/mol. The fourth-order valence-corrected chi connectivity index (χ4v) is 3.18. The Morgan fingerprint density at radius 3 is 2.57 bits per heavy atom. The molecule has 0 radical (unpaired) electrons. The second kappa shape index (κ2) is 6.15. The van der Waals surface area contributed by atoms with Crippen molar-refractivity contribution < 1.29 is 8.42 Å². The highest BCUT2D eigenvalue weighted by Crippen LogP contribution is 2.19. The Morgan fingerprint density at radius 1 is 1.24 bits per heavy atom. The minimum absolute atomic E-state index is 0.175. The second-order valence-corrected chi connectivity index (χ2v) is 7.55. The summed E-state index contributed by atoms with van der Waals surface area (Å²) in [6.07, 6.45) is 1.31. The lowest BCUT2D eigenvalue weighted by Crippen LogP contribution is -2.10. The minimum atomic E-state index is -3.88. The van der Waals surface area contributed by atoms with Crippen LogP contribution in [0.2, 0.25) is 0 Å². The van der Waals surface area contributed by atoms with Crippen molar-refractivity contribution in [2.75, 3.05) is 0 Å². The molecule has 0 spiro atoms. The Hall–Kier alpha value is -1.40. The van der Waals surface area contributed by atoms with Crippen LogP contribution in [0.3, 0.4) is 0 Å². The normalized spacial score (nSPS) is 11.8. The van der Waals surface area contributed by atoms with E-state index >= 15 is 0 Å². The SMILES string of the molecule is CCCn1c(Cc2cc(C)ccc2C)nnc1S(=O)(=O)Cl. The summed E-state index contributed by atoms with van der Waals surface area (Å²) in [6.45, 7) is 6.53. The first-order valence-electron chi connectivity index (χ1n) is 6.75. The summed E-state index contributed by atoms with van der Waals surface area (Å²) in [7, 11) is 1.54. The van der Waals surface area contributed by atoms with E-state index in [1.165, 1.54) is 0 Å². The van der Waals surface area contributed by atoms with Crippen molar-refractivity contribution in [1.29, 1.82) is 0 Å². The summed E-state index contributed by atoms with van der Waals surface area (Å²) in [5.74, 6) is 0.616. The summed E-state index contributed by atoms with van der Waals surface area (Å²) >= 11 is 0. The Bertz CT molecular complexity index is 754. The number of aryl methyl sites for hydroxylation is 2. The molecular weight excluding hydrogens is 310 g/mol. The lowest BCUT2D eigenvalue weighted by molar-refractivity contribution is 0.558. The first kappa shape index (κ1) is 16.0. The molecule has 0 bridgehead atoms. The van der Waals surface area contributed by atoms with E-state index in [0.717, 1.165) is 23.1 Å². The standard InChI is InChI=1S/C14H18ClN3O2S/c1-4-7-18-13(16-17-14(18)21(15,19)20)9-12-8-10(2)5-6-11(12)3/h5-6,8H,4,7,9H2,1-3H3. The molecule has 0 atom stereocenters. The molecule has 0 fully saturated rings. The second-order valence-electron chi connectivity index (χ2n) is 5.10. The van der Waals surface area contributed by atoms with Gasteiger partial charge in [0.25, 0.3) is 14.2 Å². The van der Waals surface area contributed by atoms with Gasteiger partial charge in [0.05, 0.1) is 0 Å². The van der Waals surface area contributed by atoms with Gasteiger partial charge in [-0.05, 0) is 31.4 Å². The van der Waals surface area contributed by atoms with Crippen LogP contribution in [0.25, 0.3) is 0 Å². The van der Waals surface area contributed by atoms with Crippen LogP contribution in [0.5, 0.6) is 0 Å². The molecule has 114 valence electrons. The predicted octanol–water partition coefficient (Wildman–Crippen LogP) is 2.82. The molecule has 21 heavy (non-hydrogen) atoms. The molecule has 2 rings (SSSR count). The molecule has 1 heterocycles. The van der Waals surface area contributed by atoms with E-state index in [9.17, 15) is 8.42 Å². The van der Waals surface area contributed by atoms with E-state index in [2.05, 4.69) is 16.3 Å². The molecule has 1 aromatic heterocycles. The Labute approximate surface area is 129 Å². The van der Waals surface area contributed by atoms with E-state index in [1.807, 2.05) is 32.9 Å². The van der Waals surface area contributed by atoms with Crippen LogP contribution < -0.4 is 0 Å². The summed E-state index contributed by atoms with van der Waals surface area (Å²) in [4.78, 5) is 0. The maximum Gasteiger partial charge on any atom is 0.296 e. The first-order chi connectivity index (χ1) is 9.82. The van der Waals surface area contributed by atoms with Crippen molar-refractivity contribution in [2.24, 2.45) is 0 Å². The number of aromatic nitrogens is 3. The van der Waals surface area contributed by atoms with Gasteiger partial charge in [-0.1, -0.05) is 30.7 Å². The Balaban J connectivity index is 2.45. The largest absolute Gasteiger partial charge is 0.301 e. The molecule has 0 N–H and O–H groups in total. The smallest absolute Gasteiger partial charge is 0.296 e. The van der Waals surface area contributed by atoms with Gasteiger partial charge in [0.15, 0.2) is 0 Å². The van der Waals surface area contributed by atoms with Crippen LogP contribution in [-0.2, 0) is 22.0 Å². The number of hydrogen-bond acceptors (Lipinski definition) is 4. The lowest BCUT2D eigenvalue weighted by atomic mass is 10.0. The average Bonchev–Trinajstić information content (AvgIpc) is 2.77. The highest BCUT2D eigenvalue weighted by Gasteiger charge is 2.22. The maximum absolute atomic E-state index is 11.6. The molecule has 5 nitrogen and oxygen atoms in total. The highest BCUT2D eigenvalue weighted by atomic mass is 35.7. The van der Waals surface area contributed by atoms with Gasteiger partial charge in [-0.15, -0.1) is 10.2 Å². The van der Waals surface area contributed by atoms with Crippen LogP contribution >= 0.6 is 10.7 Å². The van der Waals surface area contributed by atoms with Gasteiger partial charge in [-0.2, -0.15) is 0 Å². The van der Waals surface area contributed by atoms with Gasteiger partial charge >= 0.3 is 0 Å². The number of halogens is 1.